The van der Waals surface area contributed by atoms with Crippen LogP contribution < -0.4 is 15.2 Å². The highest BCUT2D eigenvalue weighted by molar-refractivity contribution is 5.94. The second-order valence-electron chi connectivity index (χ2n) is 8.25. The van der Waals surface area contributed by atoms with Gasteiger partial charge in [-0.15, -0.1) is 0 Å². The molecule has 1 fully saturated rings. The molecule has 1 aliphatic carbocycles. The van der Waals surface area contributed by atoms with Crippen LogP contribution in [0.1, 0.15) is 37.4 Å². The Morgan fingerprint density at radius 1 is 1.19 bits per heavy atom. The van der Waals surface area contributed by atoms with Crippen LogP contribution in [0.15, 0.2) is 53.6 Å². The number of nitrogens with one attached hydrogen (secondary N) is 1. The Bertz CT molecular complexity index is 1140. The van der Waals surface area contributed by atoms with Crippen molar-refractivity contribution < 1.29 is 9.53 Å². The predicted molar refractivity (Wildman–Crippen MR) is 124 cm³/mol. The second-order valence-corrected chi connectivity index (χ2v) is 8.25. The molecule has 0 spiro atoms. The molecule has 1 aliphatic rings. The highest BCUT2D eigenvalue weighted by atomic mass is 16.5. The van der Waals surface area contributed by atoms with Crippen molar-refractivity contribution in [3.63, 3.8) is 0 Å². The summed E-state index contributed by atoms with van der Waals surface area (Å²) in [6.07, 6.45) is 6.18. The lowest BCUT2D eigenvalue weighted by Crippen LogP contribution is -2.40. The minimum atomic E-state index is -0.205. The van der Waals surface area contributed by atoms with Crippen LogP contribution in [0.25, 0.3) is 11.4 Å². The van der Waals surface area contributed by atoms with E-state index >= 15 is 0 Å². The third-order valence-electron chi connectivity index (χ3n) is 6.10. The number of hydrogen-bond donors (Lipinski definition) is 1. The van der Waals surface area contributed by atoms with Crippen LogP contribution in [-0.2, 0) is 11.2 Å². The van der Waals surface area contributed by atoms with Gasteiger partial charge < -0.3 is 14.6 Å². The molecule has 1 saturated carbocycles. The number of nitrogens with zero attached hydrogens (tertiary/aromatic N) is 3. The number of aryl methyl sites for hydroxylation is 1. The number of carbonyl (C=O) groups excluding carboxylic acids is 1. The molecule has 2 heterocycles. The number of aromatic amines is 1. The van der Waals surface area contributed by atoms with Gasteiger partial charge in [-0.05, 0) is 75.4 Å². The first-order valence-electron chi connectivity index (χ1n) is 10.9. The highest BCUT2D eigenvalue weighted by Crippen LogP contribution is 2.37. The van der Waals surface area contributed by atoms with Crippen molar-refractivity contribution in [2.45, 2.75) is 45.6 Å². The van der Waals surface area contributed by atoms with Crippen LogP contribution in [0.4, 0.5) is 5.69 Å². The average Bonchev–Trinajstić information content (AvgIpc) is 3.65. The Morgan fingerprint density at radius 3 is 2.47 bits per heavy atom. The highest BCUT2D eigenvalue weighted by Gasteiger charge is 2.35. The summed E-state index contributed by atoms with van der Waals surface area (Å²) in [6.45, 7) is 3.91. The summed E-state index contributed by atoms with van der Waals surface area (Å²) in [6, 6.07) is 11.3. The lowest BCUT2D eigenvalue weighted by atomic mass is 10.1. The molecule has 7 heteroatoms. The maximum absolute atomic E-state index is 13.3. The zero-order valence-corrected chi connectivity index (χ0v) is 18.7. The van der Waals surface area contributed by atoms with E-state index in [-0.39, 0.29) is 23.9 Å². The Balaban J connectivity index is 1.53. The molecule has 0 aliphatic heterocycles. The van der Waals surface area contributed by atoms with Crippen LogP contribution in [-0.4, -0.2) is 34.0 Å². The summed E-state index contributed by atoms with van der Waals surface area (Å²) in [5, 5.41) is 0. The molecule has 3 aromatic rings. The van der Waals surface area contributed by atoms with E-state index in [9.17, 15) is 9.59 Å². The number of methoxy groups -OCH3 is 1. The molecule has 7 nitrogen and oxygen atoms in total. The van der Waals surface area contributed by atoms with E-state index in [1.54, 1.807) is 31.6 Å². The predicted octanol–water partition coefficient (Wildman–Crippen LogP) is 3.91. The van der Waals surface area contributed by atoms with Crippen molar-refractivity contribution in [3.8, 4) is 17.1 Å². The van der Waals surface area contributed by atoms with Gasteiger partial charge in [0.25, 0.3) is 5.56 Å². The van der Waals surface area contributed by atoms with Crippen LogP contribution in [0.2, 0.25) is 0 Å². The molecular formula is C25H28N4O3. The largest absolute Gasteiger partial charge is 0.497 e. The fourth-order valence-electron chi connectivity index (χ4n) is 4.04. The molecule has 1 atom stereocenters. The minimum Gasteiger partial charge on any atom is -0.497 e. The fraction of sp³-hybridized carbons (Fsp3) is 0.360. The molecule has 0 bridgehead atoms. The number of carbonyl (C=O) groups is 1. The van der Waals surface area contributed by atoms with Crippen LogP contribution in [0.3, 0.4) is 0 Å². The molecule has 1 N–H and O–H groups in total. The van der Waals surface area contributed by atoms with Crippen molar-refractivity contribution in [3.05, 3.63) is 70.4 Å². The van der Waals surface area contributed by atoms with E-state index in [1.807, 2.05) is 36.1 Å². The van der Waals surface area contributed by atoms with Crippen LogP contribution in [0, 0.1) is 12.8 Å². The lowest BCUT2D eigenvalue weighted by molar-refractivity contribution is -0.119. The number of amides is 1. The fourth-order valence-corrected chi connectivity index (χ4v) is 4.04. The summed E-state index contributed by atoms with van der Waals surface area (Å²) < 4.78 is 5.25. The number of hydrogen-bond acceptors (Lipinski definition) is 5. The number of H-pyrrole nitrogens is 1. The van der Waals surface area contributed by atoms with Gasteiger partial charge in [-0.25, -0.2) is 4.98 Å². The first-order valence-corrected chi connectivity index (χ1v) is 10.9. The first kappa shape index (κ1) is 21.7. The van der Waals surface area contributed by atoms with E-state index in [2.05, 4.69) is 21.9 Å². The van der Waals surface area contributed by atoms with Gasteiger partial charge in [0.15, 0.2) is 0 Å². The molecule has 1 amide bonds. The molecule has 1 unspecified atom stereocenters. The third-order valence-corrected chi connectivity index (χ3v) is 6.10. The standard InChI is InChI=1S/C25H28N4O3/c1-16-22(25(31)28-24(27-16)19-12-14-26-15-13-19)10-11-23(30)29(17(2)18-4-5-18)20-6-8-21(32-3)9-7-20/h6-9,12-15,17-18H,4-5,10-11H2,1-3H3,(H,27,28,31). The minimum absolute atomic E-state index is 0.00609. The topological polar surface area (TPSA) is 88.2 Å². The summed E-state index contributed by atoms with van der Waals surface area (Å²) >= 11 is 0. The van der Waals surface area contributed by atoms with E-state index in [0.717, 1.165) is 29.8 Å². The van der Waals surface area contributed by atoms with Gasteiger partial charge in [-0.1, -0.05) is 0 Å². The van der Waals surface area contributed by atoms with Gasteiger partial charge >= 0.3 is 0 Å². The molecule has 2 aromatic heterocycles. The SMILES string of the molecule is COc1ccc(N(C(=O)CCc2c(C)nc(-c3ccncc3)[nH]c2=O)C(C)C2CC2)cc1. The maximum Gasteiger partial charge on any atom is 0.254 e. The summed E-state index contributed by atoms with van der Waals surface area (Å²) in [4.78, 5) is 39.3. The Hall–Kier alpha value is -3.48. The van der Waals surface area contributed by atoms with Crippen molar-refractivity contribution >= 4 is 11.6 Å². The van der Waals surface area contributed by atoms with Gasteiger partial charge in [0, 0.05) is 47.4 Å². The number of ether oxygens (including phenoxy) is 1. The normalized spacial score (nSPS) is 14.1. The quantitative estimate of drug-likeness (QED) is 0.583. The van der Waals surface area contributed by atoms with Gasteiger partial charge in [-0.2, -0.15) is 0 Å². The van der Waals surface area contributed by atoms with Gasteiger partial charge in [0.1, 0.15) is 11.6 Å². The molecule has 0 radical (unpaired) electrons. The zero-order chi connectivity index (χ0) is 22.7. The van der Waals surface area contributed by atoms with Crippen molar-refractivity contribution in [1.29, 1.82) is 0 Å². The summed E-state index contributed by atoms with van der Waals surface area (Å²) in [5.74, 6) is 1.79. The van der Waals surface area contributed by atoms with Crippen molar-refractivity contribution in [1.82, 2.24) is 15.0 Å². The van der Waals surface area contributed by atoms with E-state index in [4.69, 9.17) is 4.74 Å². The molecule has 1 aromatic carbocycles. The first-order chi connectivity index (χ1) is 15.5. The van der Waals surface area contributed by atoms with Crippen molar-refractivity contribution in [2.75, 3.05) is 12.0 Å². The maximum atomic E-state index is 13.3. The number of aromatic nitrogens is 3. The van der Waals surface area contributed by atoms with Crippen LogP contribution >= 0.6 is 0 Å². The van der Waals surface area contributed by atoms with Crippen LogP contribution in [0.5, 0.6) is 5.75 Å². The average molecular weight is 433 g/mol. The van der Waals surface area contributed by atoms with Gasteiger partial charge in [0.2, 0.25) is 5.91 Å². The number of pyridine rings is 1. The lowest BCUT2D eigenvalue weighted by Gasteiger charge is -2.30. The molecule has 166 valence electrons. The second kappa shape index (κ2) is 9.34. The molecule has 32 heavy (non-hydrogen) atoms. The molecule has 0 saturated heterocycles. The monoisotopic (exact) mass is 432 g/mol. The Morgan fingerprint density at radius 2 is 1.88 bits per heavy atom. The third kappa shape index (κ3) is 4.72. The number of benzene rings is 1. The Labute approximate surface area is 187 Å². The summed E-state index contributed by atoms with van der Waals surface area (Å²) in [5.41, 5.74) is 2.63. The Kier molecular flexibility index (Phi) is 6.35. The summed E-state index contributed by atoms with van der Waals surface area (Å²) in [7, 11) is 1.62. The molecule has 4 rings (SSSR count). The number of anilines is 1. The van der Waals surface area contributed by atoms with Gasteiger partial charge in [0.05, 0.1) is 7.11 Å². The number of rotatable bonds is 8. The molecular weight excluding hydrogens is 404 g/mol. The van der Waals surface area contributed by atoms with E-state index < -0.39 is 0 Å². The zero-order valence-electron chi connectivity index (χ0n) is 18.7. The van der Waals surface area contributed by atoms with E-state index in [1.165, 1.54) is 0 Å². The van der Waals surface area contributed by atoms with Crippen molar-refractivity contribution in [2.24, 2.45) is 5.92 Å². The van der Waals surface area contributed by atoms with E-state index in [0.29, 0.717) is 29.4 Å². The van der Waals surface area contributed by atoms with Gasteiger partial charge in [-0.3, -0.25) is 14.6 Å². The smallest absolute Gasteiger partial charge is 0.254 e.